The summed E-state index contributed by atoms with van der Waals surface area (Å²) >= 11 is 6.39. The van der Waals surface area contributed by atoms with Crippen LogP contribution in [0.2, 0.25) is 5.02 Å². The minimum atomic E-state index is -3.84. The highest BCUT2D eigenvalue weighted by molar-refractivity contribution is 6.30. The molecule has 10 heteroatoms. The average Bonchev–Trinajstić information content (AvgIpc) is 3.40. The van der Waals surface area contributed by atoms with Crippen LogP contribution in [0, 0.1) is 11.8 Å². The molecule has 0 spiro atoms. The standard InChI is InChI=1S/C32H34ClF2NO6/c1-40-26-7-3-5-22(30(26)41-2)29-23-18-21(33)13-14-24(23)36-16-4-6-25(36)31(42-29)32(34,35)27(37)15-12-19-8-10-20(11-9-19)17-28(38)39/h3-7,13-14,16,18-20,29,31H,8-12,15,17H2,1-2H3,(H,38,39)/t19?,20?,29-,31+/m1/s1. The van der Waals surface area contributed by atoms with Gasteiger partial charge in [0.05, 0.1) is 25.6 Å². The van der Waals surface area contributed by atoms with Gasteiger partial charge in [0.15, 0.2) is 17.6 Å². The second-order valence-electron chi connectivity index (χ2n) is 11.1. The molecule has 2 aliphatic rings. The zero-order valence-corrected chi connectivity index (χ0v) is 24.3. The van der Waals surface area contributed by atoms with E-state index in [1.807, 2.05) is 0 Å². The summed E-state index contributed by atoms with van der Waals surface area (Å²) in [5.74, 6) is -4.91. The van der Waals surface area contributed by atoms with Crippen LogP contribution in [0.25, 0.3) is 5.69 Å². The van der Waals surface area contributed by atoms with Gasteiger partial charge in [-0.3, -0.25) is 9.59 Å². The Labute approximate surface area is 248 Å². The summed E-state index contributed by atoms with van der Waals surface area (Å²) in [7, 11) is 2.95. The Bertz CT molecular complexity index is 1450. The van der Waals surface area contributed by atoms with Crippen molar-refractivity contribution >= 4 is 23.4 Å². The number of carbonyl (C=O) groups excluding carboxylic acids is 1. The topological polar surface area (TPSA) is 87.0 Å². The van der Waals surface area contributed by atoms with Crippen LogP contribution in [0.4, 0.5) is 8.78 Å². The number of fused-ring (bicyclic) bond motifs is 3. The van der Waals surface area contributed by atoms with E-state index in [4.69, 9.17) is 30.9 Å². The molecule has 2 aromatic carbocycles. The van der Waals surface area contributed by atoms with Crippen LogP contribution in [0.3, 0.4) is 0 Å². The molecule has 5 rings (SSSR count). The smallest absolute Gasteiger partial charge is 0.336 e. The zero-order chi connectivity index (χ0) is 30.0. The minimum Gasteiger partial charge on any atom is -0.493 e. The number of hydrogen-bond acceptors (Lipinski definition) is 5. The molecule has 0 bridgehead atoms. The number of ketones is 1. The van der Waals surface area contributed by atoms with Crippen molar-refractivity contribution in [1.29, 1.82) is 0 Å². The fourth-order valence-corrected chi connectivity index (χ4v) is 6.49. The van der Waals surface area contributed by atoms with E-state index in [-0.39, 0.29) is 30.4 Å². The quantitative estimate of drug-likeness (QED) is 0.258. The highest BCUT2D eigenvalue weighted by Crippen LogP contribution is 2.50. The van der Waals surface area contributed by atoms with Gasteiger partial charge < -0.3 is 23.9 Å². The Balaban J connectivity index is 1.46. The first kappa shape index (κ1) is 30.0. The number of aliphatic carboxylic acids is 1. The number of hydrogen-bond donors (Lipinski definition) is 1. The maximum absolute atomic E-state index is 16.3. The van der Waals surface area contributed by atoms with Gasteiger partial charge in [-0.15, -0.1) is 0 Å². The average molecular weight is 602 g/mol. The van der Waals surface area contributed by atoms with Crippen LogP contribution >= 0.6 is 11.6 Å². The zero-order valence-electron chi connectivity index (χ0n) is 23.5. The van der Waals surface area contributed by atoms with E-state index in [9.17, 15) is 9.59 Å². The molecule has 7 nitrogen and oxygen atoms in total. The SMILES string of the molecule is COc1cccc([C@H]2O[C@H](C(F)(F)C(=O)CCC3CCC(CC(=O)O)CC3)c3cccn3-c3ccc(Cl)cc32)c1OC. The molecule has 224 valence electrons. The van der Waals surface area contributed by atoms with Gasteiger partial charge in [0.1, 0.15) is 6.10 Å². The van der Waals surface area contributed by atoms with Gasteiger partial charge in [-0.2, -0.15) is 8.78 Å². The number of carboxylic acids is 1. The predicted octanol–water partition coefficient (Wildman–Crippen LogP) is 7.57. The minimum absolute atomic E-state index is 0.101. The number of carboxylic acid groups (broad SMARTS) is 1. The third kappa shape index (κ3) is 5.90. The molecule has 42 heavy (non-hydrogen) atoms. The van der Waals surface area contributed by atoms with Crippen LogP contribution in [-0.2, 0) is 14.3 Å². The maximum Gasteiger partial charge on any atom is 0.336 e. The van der Waals surface area contributed by atoms with Crippen LogP contribution < -0.4 is 9.47 Å². The monoisotopic (exact) mass is 601 g/mol. The molecule has 0 saturated heterocycles. The lowest BCUT2D eigenvalue weighted by Gasteiger charge is -2.30. The summed E-state index contributed by atoms with van der Waals surface area (Å²) in [6.45, 7) is 0. The van der Waals surface area contributed by atoms with Crippen molar-refractivity contribution < 1.29 is 37.7 Å². The molecule has 0 unspecified atom stereocenters. The van der Waals surface area contributed by atoms with Crippen LogP contribution in [0.15, 0.2) is 54.7 Å². The third-order valence-electron chi connectivity index (χ3n) is 8.48. The number of ether oxygens (including phenoxy) is 3. The number of para-hydroxylation sites is 1. The van der Waals surface area contributed by atoms with Gasteiger partial charge in [0, 0.05) is 35.2 Å². The Hall–Kier alpha value is -3.43. The molecule has 2 atom stereocenters. The largest absolute Gasteiger partial charge is 0.493 e. The van der Waals surface area contributed by atoms with Crippen LogP contribution in [0.5, 0.6) is 11.5 Å². The number of aromatic nitrogens is 1. The van der Waals surface area contributed by atoms with Crippen molar-refractivity contribution in [2.45, 2.75) is 63.1 Å². The molecule has 0 amide bonds. The fraction of sp³-hybridized carbons (Fsp3) is 0.438. The number of nitrogens with zero attached hydrogens (tertiary/aromatic N) is 1. The number of alkyl halides is 2. The van der Waals surface area contributed by atoms with E-state index in [2.05, 4.69) is 0 Å². The summed E-state index contributed by atoms with van der Waals surface area (Å²) in [5.41, 5.74) is 1.74. The summed E-state index contributed by atoms with van der Waals surface area (Å²) in [4.78, 5) is 24.3. The highest BCUT2D eigenvalue weighted by atomic mass is 35.5. The van der Waals surface area contributed by atoms with Crippen molar-refractivity contribution in [1.82, 2.24) is 4.57 Å². The molecule has 1 aliphatic carbocycles. The summed E-state index contributed by atoms with van der Waals surface area (Å²) < 4.78 is 51.6. The first-order chi connectivity index (χ1) is 20.1. The number of rotatable bonds is 10. The Morgan fingerprint density at radius 1 is 1.02 bits per heavy atom. The number of carbonyl (C=O) groups is 2. The second kappa shape index (κ2) is 12.4. The third-order valence-corrected chi connectivity index (χ3v) is 8.71. The molecule has 0 radical (unpaired) electrons. The van der Waals surface area contributed by atoms with Crippen molar-refractivity contribution in [3.63, 3.8) is 0 Å². The molecule has 1 aliphatic heterocycles. The van der Waals surface area contributed by atoms with E-state index in [1.165, 1.54) is 14.2 Å². The van der Waals surface area contributed by atoms with Crippen molar-refractivity contribution in [3.8, 4) is 17.2 Å². The van der Waals surface area contributed by atoms with E-state index < -0.39 is 29.9 Å². The predicted molar refractivity (Wildman–Crippen MR) is 153 cm³/mol. The molecule has 2 heterocycles. The first-order valence-electron chi connectivity index (χ1n) is 14.1. The van der Waals surface area contributed by atoms with E-state index >= 15 is 8.78 Å². The molecule has 3 aromatic rings. The molecular weight excluding hydrogens is 568 g/mol. The number of halogens is 3. The highest BCUT2D eigenvalue weighted by Gasteiger charge is 2.52. The molecular formula is C32H34ClF2NO6. The fourth-order valence-electron chi connectivity index (χ4n) is 6.31. The van der Waals surface area contributed by atoms with Crippen LogP contribution in [-0.4, -0.2) is 41.6 Å². The molecule has 1 N–H and O–H groups in total. The number of methoxy groups -OCH3 is 2. The first-order valence-corrected chi connectivity index (χ1v) is 14.5. The second-order valence-corrected chi connectivity index (χ2v) is 11.5. The van der Waals surface area contributed by atoms with Gasteiger partial charge in [0.2, 0.25) is 5.78 Å². The van der Waals surface area contributed by atoms with Gasteiger partial charge in [0.25, 0.3) is 0 Å². The van der Waals surface area contributed by atoms with Gasteiger partial charge in [-0.05, 0) is 67.5 Å². The van der Waals surface area contributed by atoms with E-state index in [1.54, 1.807) is 59.3 Å². The van der Waals surface area contributed by atoms with E-state index in [0.717, 1.165) is 25.7 Å². The van der Waals surface area contributed by atoms with Crippen molar-refractivity contribution in [3.05, 3.63) is 76.6 Å². The lowest BCUT2D eigenvalue weighted by molar-refractivity contribution is -0.178. The normalized spacial score (nSPS) is 22.0. The molecule has 1 aromatic heterocycles. The summed E-state index contributed by atoms with van der Waals surface area (Å²) in [6.07, 6.45) is 1.78. The van der Waals surface area contributed by atoms with E-state index in [0.29, 0.717) is 39.8 Å². The van der Waals surface area contributed by atoms with Crippen LogP contribution in [0.1, 0.15) is 74.0 Å². The number of Topliss-reactive ketones (excluding diaryl/α,β-unsaturated/α-hetero) is 1. The van der Waals surface area contributed by atoms with Crippen molar-refractivity contribution in [2.24, 2.45) is 11.8 Å². The number of benzene rings is 2. The Kier molecular flexibility index (Phi) is 8.89. The molecule has 1 fully saturated rings. The summed E-state index contributed by atoms with van der Waals surface area (Å²) in [5, 5.41) is 9.45. The maximum atomic E-state index is 16.3. The Morgan fingerprint density at radius 2 is 1.76 bits per heavy atom. The van der Waals surface area contributed by atoms with Gasteiger partial charge in [-0.25, -0.2) is 0 Å². The molecule has 1 saturated carbocycles. The Morgan fingerprint density at radius 3 is 2.45 bits per heavy atom. The van der Waals surface area contributed by atoms with Gasteiger partial charge >= 0.3 is 11.9 Å². The summed E-state index contributed by atoms with van der Waals surface area (Å²) in [6, 6.07) is 13.4. The van der Waals surface area contributed by atoms with Crippen molar-refractivity contribution in [2.75, 3.05) is 14.2 Å². The lowest BCUT2D eigenvalue weighted by Crippen LogP contribution is -2.38. The lowest BCUT2D eigenvalue weighted by atomic mass is 9.78. The van der Waals surface area contributed by atoms with Gasteiger partial charge in [-0.1, -0.05) is 36.6 Å².